The first kappa shape index (κ1) is 24.2. The molecule has 2 atom stereocenters. The first-order chi connectivity index (χ1) is 18.6. The summed E-state index contributed by atoms with van der Waals surface area (Å²) in [5.41, 5.74) is 5.36. The fourth-order valence-corrected chi connectivity index (χ4v) is 5.69. The van der Waals surface area contributed by atoms with E-state index in [0.717, 1.165) is 32.7 Å². The molecule has 0 bridgehead atoms. The number of nitrogens with one attached hydrogen (secondary N) is 1. The second kappa shape index (κ2) is 10.3. The van der Waals surface area contributed by atoms with Gasteiger partial charge in [0.15, 0.2) is 0 Å². The quantitative estimate of drug-likeness (QED) is 0.227. The van der Waals surface area contributed by atoms with E-state index >= 15 is 0 Å². The van der Waals surface area contributed by atoms with Gasteiger partial charge in [0.1, 0.15) is 12.7 Å². The van der Waals surface area contributed by atoms with E-state index in [1.807, 2.05) is 72.8 Å². The van der Waals surface area contributed by atoms with Crippen molar-refractivity contribution in [2.45, 2.75) is 24.5 Å². The number of ether oxygens (including phenoxy) is 1. The highest BCUT2D eigenvalue weighted by Crippen LogP contribution is 2.44. The van der Waals surface area contributed by atoms with E-state index in [9.17, 15) is 15.0 Å². The summed E-state index contributed by atoms with van der Waals surface area (Å²) in [4.78, 5) is 12.5. The van der Waals surface area contributed by atoms with E-state index in [-0.39, 0.29) is 25.5 Å². The van der Waals surface area contributed by atoms with Crippen LogP contribution in [0.2, 0.25) is 0 Å². The minimum absolute atomic E-state index is 0.0137. The standard InChI is InChI=1S/C33H29NO4/c35-30(32(36)31-23-11-3-1-9-21(23)19-22-10-2-4-12-24(22)31)17-18-34-33(37)38-20-29-27-15-7-5-13-25(27)26-14-6-8-16-28(26)29/h1-16,19,29-30,32,35-36H,17-18,20H2,(H,34,37). The van der Waals surface area contributed by atoms with Gasteiger partial charge < -0.3 is 20.3 Å². The molecule has 0 radical (unpaired) electrons. The highest BCUT2D eigenvalue weighted by atomic mass is 16.5. The third-order valence-electron chi connectivity index (χ3n) is 7.53. The molecule has 0 spiro atoms. The van der Waals surface area contributed by atoms with Gasteiger partial charge in [0, 0.05) is 12.5 Å². The normalized spacial score (nSPS) is 14.2. The van der Waals surface area contributed by atoms with Crippen molar-refractivity contribution in [3.63, 3.8) is 0 Å². The lowest BCUT2D eigenvalue weighted by Crippen LogP contribution is -2.30. The number of hydrogen-bond donors (Lipinski definition) is 3. The molecule has 6 rings (SSSR count). The van der Waals surface area contributed by atoms with Crippen molar-refractivity contribution in [3.8, 4) is 11.1 Å². The number of aliphatic hydroxyl groups is 2. The Morgan fingerprint density at radius 3 is 1.89 bits per heavy atom. The smallest absolute Gasteiger partial charge is 0.407 e. The third kappa shape index (κ3) is 4.40. The van der Waals surface area contributed by atoms with Gasteiger partial charge in [0.2, 0.25) is 0 Å². The van der Waals surface area contributed by atoms with Crippen molar-refractivity contribution in [2.75, 3.05) is 13.2 Å². The van der Waals surface area contributed by atoms with Crippen LogP contribution in [0.15, 0.2) is 103 Å². The summed E-state index contributed by atoms with van der Waals surface area (Å²) in [6.45, 7) is 0.407. The van der Waals surface area contributed by atoms with Crippen molar-refractivity contribution < 1.29 is 19.7 Å². The molecule has 0 aliphatic heterocycles. The highest BCUT2D eigenvalue weighted by Gasteiger charge is 2.29. The molecule has 3 N–H and O–H groups in total. The lowest BCUT2D eigenvalue weighted by molar-refractivity contribution is 0.0153. The summed E-state index contributed by atoms with van der Waals surface area (Å²) >= 11 is 0. The Labute approximate surface area is 221 Å². The average Bonchev–Trinajstić information content (AvgIpc) is 3.28. The number of carbonyl (C=O) groups is 1. The Morgan fingerprint density at radius 2 is 1.29 bits per heavy atom. The van der Waals surface area contributed by atoms with Crippen LogP contribution >= 0.6 is 0 Å². The molecular weight excluding hydrogens is 474 g/mol. The molecule has 2 unspecified atom stereocenters. The maximum atomic E-state index is 12.5. The first-order valence-electron chi connectivity index (χ1n) is 13.0. The number of rotatable bonds is 7. The monoisotopic (exact) mass is 503 g/mol. The summed E-state index contributed by atoms with van der Waals surface area (Å²) in [5, 5.41) is 28.6. The van der Waals surface area contributed by atoms with E-state index in [2.05, 4.69) is 35.6 Å². The zero-order valence-electron chi connectivity index (χ0n) is 20.9. The maximum absolute atomic E-state index is 12.5. The van der Waals surface area contributed by atoms with Crippen LogP contribution in [0.5, 0.6) is 0 Å². The fourth-order valence-electron chi connectivity index (χ4n) is 5.69. The Morgan fingerprint density at radius 1 is 0.763 bits per heavy atom. The van der Waals surface area contributed by atoms with Crippen LogP contribution in [0, 0.1) is 0 Å². The molecule has 0 heterocycles. The van der Waals surface area contributed by atoms with Gasteiger partial charge in [-0.1, -0.05) is 97.1 Å². The van der Waals surface area contributed by atoms with Gasteiger partial charge in [-0.05, 0) is 61.8 Å². The van der Waals surface area contributed by atoms with E-state index in [1.54, 1.807) is 0 Å². The van der Waals surface area contributed by atoms with Crippen LogP contribution < -0.4 is 5.32 Å². The molecule has 5 nitrogen and oxygen atoms in total. The number of aliphatic hydroxyl groups excluding tert-OH is 2. The van der Waals surface area contributed by atoms with E-state index in [4.69, 9.17) is 4.74 Å². The zero-order chi connectivity index (χ0) is 26.1. The van der Waals surface area contributed by atoms with Crippen molar-refractivity contribution in [1.82, 2.24) is 5.32 Å². The Balaban J connectivity index is 1.10. The van der Waals surface area contributed by atoms with Gasteiger partial charge in [0.25, 0.3) is 0 Å². The molecule has 1 aliphatic carbocycles. The summed E-state index contributed by atoms with van der Waals surface area (Å²) in [6.07, 6.45) is -2.51. The van der Waals surface area contributed by atoms with Crippen molar-refractivity contribution in [1.29, 1.82) is 0 Å². The lowest BCUT2D eigenvalue weighted by atomic mass is 9.90. The Bertz CT molecular complexity index is 1530. The van der Waals surface area contributed by atoms with Gasteiger partial charge in [-0.2, -0.15) is 0 Å². The molecule has 1 aliphatic rings. The number of benzene rings is 5. The average molecular weight is 504 g/mol. The topological polar surface area (TPSA) is 78.8 Å². The van der Waals surface area contributed by atoms with Gasteiger partial charge in [-0.3, -0.25) is 0 Å². The van der Waals surface area contributed by atoms with Gasteiger partial charge >= 0.3 is 6.09 Å². The Hall–Kier alpha value is -4.19. The summed E-state index contributed by atoms with van der Waals surface area (Å²) < 4.78 is 5.59. The van der Waals surface area contributed by atoms with E-state index in [1.165, 1.54) is 11.1 Å². The van der Waals surface area contributed by atoms with Crippen LogP contribution in [0.25, 0.3) is 32.7 Å². The summed E-state index contributed by atoms with van der Waals surface area (Å²) in [7, 11) is 0. The SMILES string of the molecule is O=C(NCCC(O)C(O)c1c2ccccc2cc2ccccc12)OCC1c2ccccc2-c2ccccc21. The molecular formula is C33H29NO4. The molecule has 5 aromatic carbocycles. The van der Waals surface area contributed by atoms with Gasteiger partial charge in [0.05, 0.1) is 6.10 Å². The van der Waals surface area contributed by atoms with Crippen LogP contribution in [0.1, 0.15) is 35.1 Å². The minimum Gasteiger partial charge on any atom is -0.449 e. The number of alkyl carbamates (subject to hydrolysis) is 1. The molecule has 0 saturated carbocycles. The maximum Gasteiger partial charge on any atom is 0.407 e. The number of carbonyl (C=O) groups excluding carboxylic acids is 1. The minimum atomic E-state index is -1.10. The number of hydrogen-bond acceptors (Lipinski definition) is 4. The van der Waals surface area contributed by atoms with E-state index < -0.39 is 18.3 Å². The predicted molar refractivity (Wildman–Crippen MR) is 150 cm³/mol. The molecule has 5 heteroatoms. The van der Waals surface area contributed by atoms with Crippen LogP contribution in [-0.2, 0) is 4.74 Å². The number of amides is 1. The lowest BCUT2D eigenvalue weighted by Gasteiger charge is -2.22. The first-order valence-corrected chi connectivity index (χ1v) is 13.0. The largest absolute Gasteiger partial charge is 0.449 e. The molecule has 0 aromatic heterocycles. The van der Waals surface area contributed by atoms with Gasteiger partial charge in [-0.25, -0.2) is 4.79 Å². The van der Waals surface area contributed by atoms with Crippen molar-refractivity contribution in [2.24, 2.45) is 0 Å². The van der Waals surface area contributed by atoms with Crippen LogP contribution in [0.4, 0.5) is 4.79 Å². The predicted octanol–water partition coefficient (Wildman–Crippen LogP) is 6.32. The second-order valence-electron chi connectivity index (χ2n) is 9.79. The van der Waals surface area contributed by atoms with Crippen LogP contribution in [0.3, 0.4) is 0 Å². The van der Waals surface area contributed by atoms with E-state index in [0.29, 0.717) is 5.56 Å². The number of fused-ring (bicyclic) bond motifs is 5. The van der Waals surface area contributed by atoms with Crippen molar-refractivity contribution in [3.05, 3.63) is 120 Å². The fraction of sp³-hybridized carbons (Fsp3) is 0.182. The second-order valence-corrected chi connectivity index (χ2v) is 9.79. The Kier molecular flexibility index (Phi) is 6.54. The molecule has 0 fully saturated rings. The zero-order valence-corrected chi connectivity index (χ0v) is 20.9. The molecule has 5 aromatic rings. The van der Waals surface area contributed by atoms with Gasteiger partial charge in [-0.15, -0.1) is 0 Å². The van der Waals surface area contributed by atoms with Crippen molar-refractivity contribution >= 4 is 27.6 Å². The highest BCUT2D eigenvalue weighted by molar-refractivity contribution is 6.02. The molecule has 0 saturated heterocycles. The summed E-state index contributed by atoms with van der Waals surface area (Å²) in [5.74, 6) is -0.0137. The summed E-state index contributed by atoms with van der Waals surface area (Å²) in [6, 6.07) is 34.2. The molecule has 190 valence electrons. The molecule has 1 amide bonds. The van der Waals surface area contributed by atoms with Crippen LogP contribution in [-0.4, -0.2) is 35.6 Å². The molecule has 38 heavy (non-hydrogen) atoms. The third-order valence-corrected chi connectivity index (χ3v) is 7.53.